The summed E-state index contributed by atoms with van der Waals surface area (Å²) in [7, 11) is 0. The van der Waals surface area contributed by atoms with E-state index in [1.807, 2.05) is 0 Å². The number of hydrogen-bond donors (Lipinski definition) is 1. The quantitative estimate of drug-likeness (QED) is 0.871. The zero-order valence-corrected chi connectivity index (χ0v) is 14.5. The van der Waals surface area contributed by atoms with Crippen molar-refractivity contribution in [1.82, 2.24) is 19.7 Å². The normalized spacial score (nSPS) is 18.4. The van der Waals surface area contributed by atoms with Gasteiger partial charge in [-0.1, -0.05) is 25.5 Å². The van der Waals surface area contributed by atoms with Crippen LogP contribution in [0.1, 0.15) is 44.3 Å². The summed E-state index contributed by atoms with van der Waals surface area (Å²) in [4.78, 5) is 18.1. The van der Waals surface area contributed by atoms with Crippen molar-refractivity contribution in [3.8, 4) is 5.69 Å². The number of carbonyl (C=O) groups is 1. The number of aromatic nitrogens is 3. The number of hydrogen-bond acceptors (Lipinski definition) is 4. The number of piperidine rings is 1. The lowest BCUT2D eigenvalue weighted by molar-refractivity contribution is -0.117. The molecule has 1 aromatic carbocycles. The molecule has 0 radical (unpaired) electrons. The van der Waals surface area contributed by atoms with Crippen LogP contribution in [0.2, 0.25) is 0 Å². The van der Waals surface area contributed by atoms with Crippen molar-refractivity contribution >= 4 is 5.91 Å². The van der Waals surface area contributed by atoms with Crippen molar-refractivity contribution in [3.05, 3.63) is 41.7 Å². The van der Waals surface area contributed by atoms with Gasteiger partial charge in [0.25, 0.3) is 0 Å². The molecule has 0 saturated carbocycles. The number of primary amides is 1. The molecule has 1 amide bonds. The summed E-state index contributed by atoms with van der Waals surface area (Å²) in [6, 6.07) is 6.95. The molecule has 0 spiro atoms. The fraction of sp³-hybridized carbons (Fsp3) is 0.500. The largest absolute Gasteiger partial charge is 0.369 e. The van der Waals surface area contributed by atoms with E-state index in [0.29, 0.717) is 29.9 Å². The molecule has 0 bridgehead atoms. The molecule has 25 heavy (non-hydrogen) atoms. The Hall–Kier alpha value is -2.28. The second-order valence-corrected chi connectivity index (χ2v) is 6.48. The summed E-state index contributed by atoms with van der Waals surface area (Å²) in [5.74, 6) is 0.101. The second-order valence-electron chi connectivity index (χ2n) is 6.48. The van der Waals surface area contributed by atoms with E-state index in [1.54, 1.807) is 18.2 Å². The van der Waals surface area contributed by atoms with Crippen LogP contribution < -0.4 is 5.73 Å². The minimum absolute atomic E-state index is 0.0499. The van der Waals surface area contributed by atoms with E-state index in [4.69, 9.17) is 5.73 Å². The first-order valence-electron chi connectivity index (χ1n) is 8.80. The monoisotopic (exact) mass is 345 g/mol. The van der Waals surface area contributed by atoms with Crippen molar-refractivity contribution < 1.29 is 9.18 Å². The minimum atomic E-state index is -0.498. The van der Waals surface area contributed by atoms with Crippen LogP contribution >= 0.6 is 0 Å². The average molecular weight is 345 g/mol. The summed E-state index contributed by atoms with van der Waals surface area (Å²) in [5, 5.41) is 4.34. The highest BCUT2D eigenvalue weighted by molar-refractivity contribution is 5.75. The van der Waals surface area contributed by atoms with E-state index in [-0.39, 0.29) is 12.2 Å². The van der Waals surface area contributed by atoms with Crippen LogP contribution in [0.15, 0.2) is 24.3 Å². The third-order valence-corrected chi connectivity index (χ3v) is 4.70. The lowest BCUT2D eigenvalue weighted by atomic mass is 10.00. The van der Waals surface area contributed by atoms with Crippen molar-refractivity contribution in [2.75, 3.05) is 6.54 Å². The van der Waals surface area contributed by atoms with Gasteiger partial charge in [-0.3, -0.25) is 9.69 Å². The maximum atomic E-state index is 14.3. The Morgan fingerprint density at radius 3 is 2.88 bits per heavy atom. The van der Waals surface area contributed by atoms with Gasteiger partial charge in [0, 0.05) is 6.04 Å². The predicted octanol–water partition coefficient (Wildman–Crippen LogP) is 2.20. The molecule has 0 aliphatic carbocycles. The van der Waals surface area contributed by atoms with Gasteiger partial charge in [-0.25, -0.2) is 14.1 Å². The third-order valence-electron chi connectivity index (χ3n) is 4.70. The van der Waals surface area contributed by atoms with Gasteiger partial charge in [0.2, 0.25) is 5.91 Å². The molecule has 134 valence electrons. The number of carbonyl (C=O) groups excluding carboxylic acids is 1. The van der Waals surface area contributed by atoms with Crippen LogP contribution in [-0.2, 0) is 17.8 Å². The average Bonchev–Trinajstić information content (AvgIpc) is 2.97. The van der Waals surface area contributed by atoms with Gasteiger partial charge in [-0.05, 0) is 37.9 Å². The number of para-hydroxylation sites is 1. The zero-order valence-electron chi connectivity index (χ0n) is 14.5. The Bertz CT molecular complexity index is 745. The van der Waals surface area contributed by atoms with Crippen molar-refractivity contribution in [2.24, 2.45) is 5.73 Å². The molecule has 1 aliphatic rings. The Morgan fingerprint density at radius 2 is 2.16 bits per heavy atom. The maximum Gasteiger partial charge on any atom is 0.225 e. The van der Waals surface area contributed by atoms with E-state index in [2.05, 4.69) is 21.9 Å². The predicted molar refractivity (Wildman–Crippen MR) is 92.6 cm³/mol. The number of amides is 1. The van der Waals surface area contributed by atoms with Gasteiger partial charge in [-0.2, -0.15) is 5.10 Å². The standard InChI is InChI=1S/C18H24FN5O/c1-2-13-7-5-6-10-23(13)12-18-21-17(11-16(20)25)22-24(18)15-9-4-3-8-14(15)19/h3-4,8-9,13H,2,5-7,10-12H2,1H3,(H2,20,25). The van der Waals surface area contributed by atoms with Crippen molar-refractivity contribution in [1.29, 1.82) is 0 Å². The van der Waals surface area contributed by atoms with E-state index < -0.39 is 5.91 Å². The van der Waals surface area contributed by atoms with E-state index in [0.717, 1.165) is 19.4 Å². The molecule has 2 heterocycles. The Balaban J connectivity index is 1.94. The molecular formula is C18H24FN5O. The Morgan fingerprint density at radius 1 is 1.36 bits per heavy atom. The molecule has 1 fully saturated rings. The van der Waals surface area contributed by atoms with Crippen molar-refractivity contribution in [2.45, 2.75) is 51.6 Å². The SMILES string of the molecule is CCC1CCCCN1Cc1nc(CC(N)=O)nn1-c1ccccc1F. The first-order chi connectivity index (χ1) is 12.1. The fourth-order valence-corrected chi connectivity index (χ4v) is 3.45. The minimum Gasteiger partial charge on any atom is -0.369 e. The molecule has 1 saturated heterocycles. The van der Waals surface area contributed by atoms with Gasteiger partial charge < -0.3 is 5.73 Å². The lowest BCUT2D eigenvalue weighted by Gasteiger charge is -2.34. The summed E-state index contributed by atoms with van der Waals surface area (Å²) in [6.45, 7) is 3.76. The van der Waals surface area contributed by atoms with Crippen LogP contribution in [0.5, 0.6) is 0 Å². The molecule has 1 aromatic heterocycles. The highest BCUT2D eigenvalue weighted by Gasteiger charge is 2.24. The summed E-state index contributed by atoms with van der Waals surface area (Å²) < 4.78 is 15.8. The maximum absolute atomic E-state index is 14.3. The van der Waals surface area contributed by atoms with E-state index in [9.17, 15) is 9.18 Å². The highest BCUT2D eigenvalue weighted by atomic mass is 19.1. The topological polar surface area (TPSA) is 77.0 Å². The number of halogens is 1. The number of nitrogens with zero attached hydrogens (tertiary/aromatic N) is 4. The van der Waals surface area contributed by atoms with Crippen LogP contribution in [0.25, 0.3) is 5.69 Å². The number of rotatable bonds is 6. The number of benzene rings is 1. The molecule has 1 atom stereocenters. The van der Waals surface area contributed by atoms with Gasteiger partial charge in [0.1, 0.15) is 17.3 Å². The van der Waals surface area contributed by atoms with E-state index in [1.165, 1.54) is 23.6 Å². The van der Waals surface area contributed by atoms with Crippen LogP contribution in [0, 0.1) is 5.82 Å². The number of nitrogens with two attached hydrogens (primary N) is 1. The highest BCUT2D eigenvalue weighted by Crippen LogP contribution is 2.23. The molecule has 3 rings (SSSR count). The van der Waals surface area contributed by atoms with Gasteiger partial charge in [0.15, 0.2) is 5.82 Å². The number of likely N-dealkylation sites (tertiary alicyclic amines) is 1. The molecule has 2 aromatic rings. The molecular weight excluding hydrogens is 321 g/mol. The lowest BCUT2D eigenvalue weighted by Crippen LogP contribution is -2.39. The zero-order chi connectivity index (χ0) is 17.8. The van der Waals surface area contributed by atoms with Crippen LogP contribution in [0.3, 0.4) is 0 Å². The first-order valence-corrected chi connectivity index (χ1v) is 8.80. The first kappa shape index (κ1) is 17.5. The summed E-state index contributed by atoms with van der Waals surface area (Å²) in [6.07, 6.45) is 4.58. The van der Waals surface area contributed by atoms with Gasteiger partial charge in [-0.15, -0.1) is 0 Å². The molecule has 7 heteroatoms. The van der Waals surface area contributed by atoms with Gasteiger partial charge in [0.05, 0.1) is 13.0 Å². The molecule has 6 nitrogen and oxygen atoms in total. The summed E-state index contributed by atoms with van der Waals surface area (Å²) >= 11 is 0. The molecule has 2 N–H and O–H groups in total. The van der Waals surface area contributed by atoms with Gasteiger partial charge >= 0.3 is 0 Å². The van der Waals surface area contributed by atoms with Crippen LogP contribution in [-0.4, -0.2) is 38.2 Å². The van der Waals surface area contributed by atoms with E-state index >= 15 is 0 Å². The smallest absolute Gasteiger partial charge is 0.225 e. The van der Waals surface area contributed by atoms with Crippen LogP contribution in [0.4, 0.5) is 4.39 Å². The molecule has 1 unspecified atom stereocenters. The third kappa shape index (κ3) is 4.04. The summed E-state index contributed by atoms with van der Waals surface area (Å²) in [5.41, 5.74) is 5.61. The molecule has 1 aliphatic heterocycles. The van der Waals surface area contributed by atoms with Crippen molar-refractivity contribution in [3.63, 3.8) is 0 Å². The second kappa shape index (κ2) is 7.74. The Kier molecular flexibility index (Phi) is 5.43. The Labute approximate surface area is 146 Å². The fourth-order valence-electron chi connectivity index (χ4n) is 3.45.